The summed E-state index contributed by atoms with van der Waals surface area (Å²) in [4.78, 5) is 12.2. The molecule has 0 aliphatic carbocycles. The first-order chi connectivity index (χ1) is 19.1. The summed E-state index contributed by atoms with van der Waals surface area (Å²) in [5.41, 5.74) is 3.68. The second-order valence-corrected chi connectivity index (χ2v) is 10.8. The number of alkyl halides is 3. The van der Waals surface area contributed by atoms with Gasteiger partial charge < -0.3 is 10.1 Å². The number of aryl methyl sites for hydroxylation is 1. The van der Waals surface area contributed by atoms with E-state index >= 15 is 0 Å². The van der Waals surface area contributed by atoms with Crippen LogP contribution in [0.1, 0.15) is 5.56 Å². The molecule has 1 heterocycles. The zero-order chi connectivity index (χ0) is 28.4. The van der Waals surface area contributed by atoms with Gasteiger partial charge in [-0.1, -0.05) is 24.3 Å². The molecule has 1 aromatic heterocycles. The van der Waals surface area contributed by atoms with Gasteiger partial charge in [0.25, 0.3) is 0 Å². The van der Waals surface area contributed by atoms with Gasteiger partial charge in [-0.2, -0.15) is 5.10 Å². The second kappa shape index (κ2) is 11.5. The van der Waals surface area contributed by atoms with Crippen molar-refractivity contribution in [1.82, 2.24) is 14.5 Å². The molecule has 2 amide bonds. The Morgan fingerprint density at radius 1 is 1.02 bits per heavy atom. The van der Waals surface area contributed by atoms with E-state index in [-0.39, 0.29) is 5.75 Å². The lowest BCUT2D eigenvalue weighted by Crippen LogP contribution is -2.22. The number of para-hydroxylation sites is 1. The van der Waals surface area contributed by atoms with Crippen molar-refractivity contribution in [1.29, 1.82) is 0 Å². The van der Waals surface area contributed by atoms with Crippen molar-refractivity contribution in [2.75, 3.05) is 5.32 Å². The fourth-order valence-corrected chi connectivity index (χ4v) is 5.71. The summed E-state index contributed by atoms with van der Waals surface area (Å²) >= 11 is 7.69. The maximum absolute atomic E-state index is 12.5. The average Bonchev–Trinajstić information content (AvgIpc) is 3.24. The highest BCUT2D eigenvalue weighted by Crippen LogP contribution is 2.34. The fourth-order valence-electron chi connectivity index (χ4n) is 4.15. The quantitative estimate of drug-likeness (QED) is 0.138. The van der Waals surface area contributed by atoms with Crippen LogP contribution in [-0.4, -0.2) is 28.4 Å². The van der Waals surface area contributed by atoms with E-state index in [9.17, 15) is 18.0 Å². The molecule has 0 aliphatic rings. The van der Waals surface area contributed by atoms with Gasteiger partial charge in [0, 0.05) is 38.5 Å². The molecule has 0 saturated carbocycles. The van der Waals surface area contributed by atoms with Crippen molar-refractivity contribution in [3.05, 3.63) is 87.3 Å². The van der Waals surface area contributed by atoms with Crippen molar-refractivity contribution >= 4 is 83.6 Å². The average molecular weight is 693 g/mol. The van der Waals surface area contributed by atoms with Crippen molar-refractivity contribution in [2.45, 2.75) is 6.36 Å². The van der Waals surface area contributed by atoms with Gasteiger partial charge in [0.15, 0.2) is 0 Å². The molecule has 0 aliphatic heterocycles. The zero-order valence-electron chi connectivity index (χ0n) is 20.5. The summed E-state index contributed by atoms with van der Waals surface area (Å²) in [6, 6.07) is 20.4. The zero-order valence-corrected chi connectivity index (χ0v) is 24.5. The number of nitrogens with zero attached hydrogens (tertiary/aromatic N) is 3. The minimum atomic E-state index is -4.75. The maximum Gasteiger partial charge on any atom is 0.573 e. The SMILES string of the molecule is Cn1nc2c(ccc3cc(/C=N/SNC(=O)Nc4c(Br)cccc4Br)ccc32)c1-c1ccc(OC(F)(F)F)cc1. The van der Waals surface area contributed by atoms with E-state index in [4.69, 9.17) is 0 Å². The standard InChI is InChI=1S/C27H18Br2F3N5O2S/c1-37-25(16-6-9-18(10-7-16)39-27(30,31)32)20-12-8-17-13-15(5-11-19(17)23(20)35-37)14-33-40-36-26(38)34-24-21(28)3-2-4-22(24)29/h2-14H,1H3,(H2,34,36,38)/b33-14+. The molecule has 40 heavy (non-hydrogen) atoms. The molecule has 13 heteroatoms. The Labute approximate surface area is 247 Å². The van der Waals surface area contributed by atoms with Gasteiger partial charge in [-0.05, 0) is 91.3 Å². The predicted molar refractivity (Wildman–Crippen MR) is 160 cm³/mol. The number of ether oxygens (including phenoxy) is 1. The minimum absolute atomic E-state index is 0.284. The number of rotatable bonds is 6. The Balaban J connectivity index is 1.30. The number of hydrogen-bond acceptors (Lipinski definition) is 5. The van der Waals surface area contributed by atoms with E-state index in [1.165, 1.54) is 12.1 Å². The predicted octanol–water partition coefficient (Wildman–Crippen LogP) is 8.62. The van der Waals surface area contributed by atoms with Gasteiger partial charge in [-0.15, -0.1) is 13.2 Å². The summed E-state index contributed by atoms with van der Waals surface area (Å²) in [5.74, 6) is -0.284. The van der Waals surface area contributed by atoms with Gasteiger partial charge in [0.05, 0.1) is 23.5 Å². The highest BCUT2D eigenvalue weighted by molar-refractivity contribution is 9.11. The smallest absolute Gasteiger partial charge is 0.406 e. The normalized spacial score (nSPS) is 11.8. The Morgan fingerprint density at radius 2 is 1.73 bits per heavy atom. The number of carbonyl (C=O) groups excluding carboxylic acids is 1. The van der Waals surface area contributed by atoms with Crippen LogP contribution in [0.25, 0.3) is 32.9 Å². The van der Waals surface area contributed by atoms with Crippen LogP contribution in [0.4, 0.5) is 23.7 Å². The van der Waals surface area contributed by atoms with E-state index in [0.29, 0.717) is 11.3 Å². The van der Waals surface area contributed by atoms with Gasteiger partial charge in [0.2, 0.25) is 0 Å². The Hall–Kier alpha value is -3.55. The highest BCUT2D eigenvalue weighted by atomic mass is 79.9. The summed E-state index contributed by atoms with van der Waals surface area (Å²) in [7, 11) is 1.79. The van der Waals surface area contributed by atoms with E-state index < -0.39 is 12.4 Å². The van der Waals surface area contributed by atoms with Crippen LogP contribution in [0, 0.1) is 0 Å². The first-order valence-corrected chi connectivity index (χ1v) is 13.9. The van der Waals surface area contributed by atoms with Crippen molar-refractivity contribution in [2.24, 2.45) is 11.4 Å². The van der Waals surface area contributed by atoms with Crippen LogP contribution in [0.3, 0.4) is 0 Å². The highest BCUT2D eigenvalue weighted by Gasteiger charge is 2.31. The second-order valence-electron chi connectivity index (χ2n) is 8.47. The van der Waals surface area contributed by atoms with Crippen LogP contribution in [0.2, 0.25) is 0 Å². The lowest BCUT2D eigenvalue weighted by Gasteiger charge is -2.09. The molecule has 2 N–H and O–H groups in total. The number of amides is 2. The molecule has 0 bridgehead atoms. The van der Waals surface area contributed by atoms with Crippen LogP contribution in [-0.2, 0) is 7.05 Å². The Morgan fingerprint density at radius 3 is 2.42 bits per heavy atom. The van der Waals surface area contributed by atoms with Gasteiger partial charge in [0.1, 0.15) is 11.3 Å². The molecular formula is C27H18Br2F3N5O2S. The van der Waals surface area contributed by atoms with Crippen molar-refractivity contribution in [3.63, 3.8) is 0 Å². The van der Waals surface area contributed by atoms with E-state index in [0.717, 1.165) is 54.0 Å². The summed E-state index contributed by atoms with van der Waals surface area (Å²) in [6.07, 6.45) is -3.11. The van der Waals surface area contributed by atoms with Crippen LogP contribution in [0.5, 0.6) is 5.75 Å². The van der Waals surface area contributed by atoms with Crippen LogP contribution >= 0.6 is 44.0 Å². The third kappa shape index (κ3) is 6.26. The van der Waals surface area contributed by atoms with E-state index in [1.54, 1.807) is 30.1 Å². The molecule has 4 aromatic carbocycles. The number of aromatic nitrogens is 2. The summed E-state index contributed by atoms with van der Waals surface area (Å²) in [5, 5.41) is 10.1. The maximum atomic E-state index is 12.5. The number of halogens is 5. The largest absolute Gasteiger partial charge is 0.573 e. The molecule has 204 valence electrons. The lowest BCUT2D eigenvalue weighted by molar-refractivity contribution is -0.274. The molecule has 0 saturated heterocycles. The number of anilines is 1. The summed E-state index contributed by atoms with van der Waals surface area (Å²) < 4.78 is 51.5. The molecule has 0 unspecified atom stereocenters. The van der Waals surface area contributed by atoms with Crippen LogP contribution in [0.15, 0.2) is 86.1 Å². The van der Waals surface area contributed by atoms with Gasteiger partial charge in [-0.3, -0.25) is 9.40 Å². The third-order valence-electron chi connectivity index (χ3n) is 5.80. The molecule has 5 rings (SSSR count). The first kappa shape index (κ1) is 28.0. The Bertz CT molecular complexity index is 1740. The molecule has 0 atom stereocenters. The number of nitrogens with one attached hydrogen (secondary N) is 2. The molecule has 7 nitrogen and oxygen atoms in total. The van der Waals surface area contributed by atoms with Crippen LogP contribution < -0.4 is 14.8 Å². The fraction of sp³-hybridized carbons (Fsp3) is 0.0741. The number of carbonyl (C=O) groups is 1. The topological polar surface area (TPSA) is 80.5 Å². The number of benzene rings is 4. The Kier molecular flexibility index (Phi) is 8.06. The first-order valence-electron chi connectivity index (χ1n) is 11.5. The molecule has 0 spiro atoms. The third-order valence-corrected chi connectivity index (χ3v) is 7.61. The number of fused-ring (bicyclic) bond motifs is 3. The molecular weight excluding hydrogens is 675 g/mol. The molecule has 0 radical (unpaired) electrons. The minimum Gasteiger partial charge on any atom is -0.406 e. The number of hydrogen-bond donors (Lipinski definition) is 2. The van der Waals surface area contributed by atoms with Crippen molar-refractivity contribution < 1.29 is 22.7 Å². The monoisotopic (exact) mass is 691 g/mol. The van der Waals surface area contributed by atoms with E-state index in [1.807, 2.05) is 48.5 Å². The van der Waals surface area contributed by atoms with Gasteiger partial charge in [-0.25, -0.2) is 9.19 Å². The number of urea groups is 1. The van der Waals surface area contributed by atoms with Crippen molar-refractivity contribution in [3.8, 4) is 17.0 Å². The lowest BCUT2D eigenvalue weighted by atomic mass is 10.0. The van der Waals surface area contributed by atoms with Gasteiger partial charge >= 0.3 is 12.4 Å². The van der Waals surface area contributed by atoms with E-state index in [2.05, 4.69) is 56.1 Å². The molecule has 5 aromatic rings. The molecule has 0 fully saturated rings. The summed E-state index contributed by atoms with van der Waals surface area (Å²) in [6.45, 7) is 0.